The molecule has 0 spiro atoms. The minimum atomic E-state index is 0.171. The van der Waals surface area contributed by atoms with E-state index in [9.17, 15) is 0 Å². The zero-order valence-electron chi connectivity index (χ0n) is 9.55. The van der Waals surface area contributed by atoms with Crippen LogP contribution in [0.15, 0.2) is 12.3 Å². The lowest BCUT2D eigenvalue weighted by Gasteiger charge is -2.12. The molecular weight excluding hydrogens is 260 g/mol. The molecular formula is C12H18Cl2NP. The number of hydrogen-bond acceptors (Lipinski definition) is 1. The van der Waals surface area contributed by atoms with Gasteiger partial charge in [-0.15, -0.1) is 32.4 Å². The van der Waals surface area contributed by atoms with Gasteiger partial charge >= 0.3 is 0 Å². The largest absolute Gasteiger partial charge is 0.261 e. The average Bonchev–Trinajstić information content (AvgIpc) is 2.29. The van der Waals surface area contributed by atoms with Crippen LogP contribution in [0.25, 0.3) is 0 Å². The molecule has 1 nitrogen and oxygen atoms in total. The summed E-state index contributed by atoms with van der Waals surface area (Å²) >= 11 is 11.9. The predicted octanol–water partition coefficient (Wildman–Crippen LogP) is 3.31. The summed E-state index contributed by atoms with van der Waals surface area (Å²) in [5.74, 6) is 0.688. The SMILES string of the molecule is CCc1nccc(CC(Cl)CCCCl)c1P. The molecule has 4 heteroatoms. The first-order valence-corrected chi connectivity index (χ1v) is 7.16. The highest BCUT2D eigenvalue weighted by Gasteiger charge is 2.09. The van der Waals surface area contributed by atoms with E-state index >= 15 is 0 Å². The maximum absolute atomic E-state index is 6.27. The van der Waals surface area contributed by atoms with E-state index in [0.29, 0.717) is 5.88 Å². The van der Waals surface area contributed by atoms with Gasteiger partial charge < -0.3 is 0 Å². The third-order valence-corrected chi connectivity index (χ3v) is 3.93. The molecule has 0 bridgehead atoms. The second kappa shape index (κ2) is 7.48. The Morgan fingerprint density at radius 1 is 1.50 bits per heavy atom. The first kappa shape index (κ1) is 14.2. The van der Waals surface area contributed by atoms with Crippen LogP contribution in [0.4, 0.5) is 0 Å². The van der Waals surface area contributed by atoms with Gasteiger partial charge in [0.15, 0.2) is 0 Å². The molecule has 0 amide bonds. The van der Waals surface area contributed by atoms with Gasteiger partial charge in [0.1, 0.15) is 0 Å². The van der Waals surface area contributed by atoms with Crippen molar-refractivity contribution in [1.29, 1.82) is 0 Å². The standard InChI is InChI=1S/C12H18Cl2NP/c1-2-11-12(16)9(5-7-15-11)8-10(14)4-3-6-13/h5,7,10H,2-4,6,8,16H2,1H3. The summed E-state index contributed by atoms with van der Waals surface area (Å²) in [6.07, 6.45) is 5.67. The van der Waals surface area contributed by atoms with Crippen LogP contribution in [-0.4, -0.2) is 16.2 Å². The lowest BCUT2D eigenvalue weighted by atomic mass is 10.1. The lowest BCUT2D eigenvalue weighted by molar-refractivity contribution is 0.730. The zero-order valence-corrected chi connectivity index (χ0v) is 12.2. The number of halogens is 2. The first-order valence-electron chi connectivity index (χ1n) is 5.61. The number of aryl methyl sites for hydroxylation is 1. The summed E-state index contributed by atoms with van der Waals surface area (Å²) in [6.45, 7) is 2.12. The lowest BCUT2D eigenvalue weighted by Crippen LogP contribution is -2.14. The minimum Gasteiger partial charge on any atom is -0.261 e. The molecule has 0 aliphatic rings. The Morgan fingerprint density at radius 3 is 2.88 bits per heavy atom. The molecule has 0 aliphatic carbocycles. The van der Waals surface area contributed by atoms with Crippen LogP contribution in [0, 0.1) is 0 Å². The number of aromatic nitrogens is 1. The molecule has 0 aromatic carbocycles. The molecule has 0 N–H and O–H groups in total. The van der Waals surface area contributed by atoms with E-state index < -0.39 is 0 Å². The Balaban J connectivity index is 2.66. The van der Waals surface area contributed by atoms with Crippen molar-refractivity contribution in [3.8, 4) is 0 Å². The Kier molecular flexibility index (Phi) is 6.65. The van der Waals surface area contributed by atoms with Crippen LogP contribution in [0.5, 0.6) is 0 Å². The Hall–Kier alpha value is 0.160. The van der Waals surface area contributed by atoms with Crippen LogP contribution in [0.2, 0.25) is 0 Å². The van der Waals surface area contributed by atoms with Crippen LogP contribution in [-0.2, 0) is 12.8 Å². The van der Waals surface area contributed by atoms with E-state index in [1.54, 1.807) is 0 Å². The average molecular weight is 278 g/mol. The molecule has 2 atom stereocenters. The molecule has 0 radical (unpaired) electrons. The van der Waals surface area contributed by atoms with E-state index in [-0.39, 0.29) is 5.38 Å². The van der Waals surface area contributed by atoms with Crippen molar-refractivity contribution in [2.75, 3.05) is 5.88 Å². The Labute approximate surface area is 110 Å². The Morgan fingerprint density at radius 2 is 2.25 bits per heavy atom. The molecule has 0 saturated heterocycles. The second-order valence-electron chi connectivity index (χ2n) is 3.82. The van der Waals surface area contributed by atoms with Gasteiger partial charge in [0, 0.05) is 23.1 Å². The summed E-state index contributed by atoms with van der Waals surface area (Å²) in [4.78, 5) is 4.34. The summed E-state index contributed by atoms with van der Waals surface area (Å²) in [7, 11) is 2.78. The fourth-order valence-electron chi connectivity index (χ4n) is 1.66. The van der Waals surface area contributed by atoms with Crippen molar-refractivity contribution in [3.63, 3.8) is 0 Å². The van der Waals surface area contributed by atoms with Crippen molar-refractivity contribution < 1.29 is 0 Å². The fourth-order valence-corrected chi connectivity index (χ4v) is 2.63. The van der Waals surface area contributed by atoms with Crippen molar-refractivity contribution in [1.82, 2.24) is 4.98 Å². The third kappa shape index (κ3) is 4.20. The molecule has 0 aliphatic heterocycles. The quantitative estimate of drug-likeness (QED) is 0.574. The van der Waals surface area contributed by atoms with Gasteiger partial charge in [-0.1, -0.05) is 6.92 Å². The highest BCUT2D eigenvalue weighted by Crippen LogP contribution is 2.14. The van der Waals surface area contributed by atoms with E-state index in [4.69, 9.17) is 23.2 Å². The molecule has 1 rings (SSSR count). The fraction of sp³-hybridized carbons (Fsp3) is 0.583. The van der Waals surface area contributed by atoms with Gasteiger partial charge in [0.2, 0.25) is 0 Å². The smallest absolute Gasteiger partial charge is 0.0474 e. The monoisotopic (exact) mass is 277 g/mol. The summed E-state index contributed by atoms with van der Waals surface area (Å²) in [5, 5.41) is 1.38. The predicted molar refractivity (Wildman–Crippen MR) is 76.3 cm³/mol. The number of rotatable bonds is 6. The van der Waals surface area contributed by atoms with Gasteiger partial charge in [-0.2, -0.15) is 0 Å². The maximum atomic E-state index is 6.27. The highest BCUT2D eigenvalue weighted by molar-refractivity contribution is 7.27. The molecule has 1 heterocycles. The molecule has 2 unspecified atom stereocenters. The van der Waals surface area contributed by atoms with Gasteiger partial charge in [-0.3, -0.25) is 4.98 Å². The van der Waals surface area contributed by atoms with Gasteiger partial charge in [-0.05, 0) is 42.6 Å². The van der Waals surface area contributed by atoms with Gasteiger partial charge in [0.05, 0.1) is 0 Å². The number of alkyl halides is 2. The van der Waals surface area contributed by atoms with Crippen molar-refractivity contribution in [2.24, 2.45) is 0 Å². The van der Waals surface area contributed by atoms with Crippen LogP contribution < -0.4 is 5.30 Å². The third-order valence-electron chi connectivity index (χ3n) is 2.59. The highest BCUT2D eigenvalue weighted by atomic mass is 35.5. The van der Waals surface area contributed by atoms with Crippen molar-refractivity contribution in [3.05, 3.63) is 23.5 Å². The van der Waals surface area contributed by atoms with E-state index in [1.807, 2.05) is 6.20 Å². The molecule has 1 aromatic heterocycles. The number of pyridine rings is 1. The molecule has 90 valence electrons. The molecule has 1 aromatic rings. The summed E-state index contributed by atoms with van der Waals surface area (Å²) in [5.41, 5.74) is 2.43. The topological polar surface area (TPSA) is 12.9 Å². The first-order chi connectivity index (χ1) is 7.69. The maximum Gasteiger partial charge on any atom is 0.0474 e. The van der Waals surface area contributed by atoms with Gasteiger partial charge in [-0.25, -0.2) is 0 Å². The van der Waals surface area contributed by atoms with E-state index in [2.05, 4.69) is 27.2 Å². The zero-order chi connectivity index (χ0) is 12.0. The normalized spacial score (nSPS) is 12.8. The Bertz CT molecular complexity index is 331. The number of nitrogens with zero attached hydrogens (tertiary/aromatic N) is 1. The van der Waals surface area contributed by atoms with Crippen LogP contribution in [0.3, 0.4) is 0 Å². The molecule has 16 heavy (non-hydrogen) atoms. The van der Waals surface area contributed by atoms with E-state index in [1.165, 1.54) is 10.9 Å². The summed E-state index contributed by atoms with van der Waals surface area (Å²) < 4.78 is 0. The second-order valence-corrected chi connectivity index (χ2v) is 5.39. The van der Waals surface area contributed by atoms with E-state index in [0.717, 1.165) is 31.4 Å². The molecule has 0 saturated carbocycles. The van der Waals surface area contributed by atoms with Crippen molar-refractivity contribution >= 4 is 37.7 Å². The number of hydrogen-bond donors (Lipinski definition) is 0. The van der Waals surface area contributed by atoms with Crippen molar-refractivity contribution in [2.45, 2.75) is 38.0 Å². The molecule has 0 fully saturated rings. The van der Waals surface area contributed by atoms with Gasteiger partial charge in [0.25, 0.3) is 0 Å². The van der Waals surface area contributed by atoms with Crippen LogP contribution in [0.1, 0.15) is 31.0 Å². The summed E-state index contributed by atoms with van der Waals surface area (Å²) in [6, 6.07) is 2.05. The minimum absolute atomic E-state index is 0.171. The van der Waals surface area contributed by atoms with Crippen LogP contribution >= 0.6 is 32.4 Å².